The van der Waals surface area contributed by atoms with Crippen LogP contribution in [0.5, 0.6) is 0 Å². The van der Waals surface area contributed by atoms with Gasteiger partial charge in [-0.15, -0.1) is 11.3 Å². The van der Waals surface area contributed by atoms with Gasteiger partial charge in [0.25, 0.3) is 5.91 Å². The zero-order chi connectivity index (χ0) is 17.9. The molecule has 0 bridgehead atoms. The molecule has 0 radical (unpaired) electrons. The molecule has 0 fully saturated rings. The minimum atomic E-state index is -0.0128. The van der Waals surface area contributed by atoms with Crippen molar-refractivity contribution in [3.8, 4) is 0 Å². The molecular formula is C21H19N3OS. The number of aromatic nitrogens is 2. The number of hydrogen-bond donors (Lipinski definition) is 1. The second-order valence-corrected chi connectivity index (χ2v) is 7.29. The maximum absolute atomic E-state index is 12.7. The molecule has 0 aliphatic rings. The van der Waals surface area contributed by atoms with Crippen LogP contribution in [-0.2, 0) is 13.1 Å². The normalized spacial score (nSPS) is 11.0. The number of benzene rings is 2. The topological polar surface area (TPSA) is 46.9 Å². The van der Waals surface area contributed by atoms with E-state index in [0.29, 0.717) is 6.54 Å². The number of carbonyl (C=O) groups is 1. The maximum Gasteiger partial charge on any atom is 0.261 e. The van der Waals surface area contributed by atoms with Gasteiger partial charge < -0.3 is 9.88 Å². The molecule has 0 aliphatic carbocycles. The van der Waals surface area contributed by atoms with Gasteiger partial charge in [0.05, 0.1) is 11.2 Å². The third-order valence-corrected chi connectivity index (χ3v) is 5.79. The van der Waals surface area contributed by atoms with E-state index in [9.17, 15) is 4.79 Å². The molecule has 4 aromatic rings. The molecule has 0 spiro atoms. The monoisotopic (exact) mass is 361 g/mol. The summed E-state index contributed by atoms with van der Waals surface area (Å²) in [4.78, 5) is 17.6. The molecular weight excluding hydrogens is 342 g/mol. The van der Waals surface area contributed by atoms with Crippen molar-refractivity contribution in [3.63, 3.8) is 0 Å². The first-order valence-electron chi connectivity index (χ1n) is 8.51. The second-order valence-electron chi connectivity index (χ2n) is 6.24. The van der Waals surface area contributed by atoms with E-state index in [2.05, 4.69) is 34.6 Å². The minimum absolute atomic E-state index is 0.0128. The third kappa shape index (κ3) is 3.26. The van der Waals surface area contributed by atoms with Gasteiger partial charge in [-0.3, -0.25) is 4.79 Å². The number of nitrogens with one attached hydrogen (secondary N) is 1. The summed E-state index contributed by atoms with van der Waals surface area (Å²) in [5.74, 6) is -0.0128. The van der Waals surface area contributed by atoms with Crippen LogP contribution >= 0.6 is 11.3 Å². The molecule has 0 saturated carbocycles. The highest BCUT2D eigenvalue weighted by Gasteiger charge is 2.15. The van der Waals surface area contributed by atoms with Crippen LogP contribution in [0.25, 0.3) is 10.1 Å². The highest BCUT2D eigenvalue weighted by Crippen LogP contribution is 2.30. The lowest BCUT2D eigenvalue weighted by atomic mass is 10.1. The van der Waals surface area contributed by atoms with E-state index in [4.69, 9.17) is 0 Å². The van der Waals surface area contributed by atoms with Gasteiger partial charge in [-0.25, -0.2) is 4.98 Å². The van der Waals surface area contributed by atoms with Gasteiger partial charge in [0, 0.05) is 30.2 Å². The van der Waals surface area contributed by atoms with Crippen molar-refractivity contribution in [2.24, 2.45) is 0 Å². The molecule has 26 heavy (non-hydrogen) atoms. The minimum Gasteiger partial charge on any atom is -0.347 e. The molecule has 130 valence electrons. The first kappa shape index (κ1) is 16.5. The summed E-state index contributed by atoms with van der Waals surface area (Å²) in [6.45, 7) is 3.27. The van der Waals surface area contributed by atoms with Crippen molar-refractivity contribution in [3.05, 3.63) is 88.8 Å². The number of aryl methyl sites for hydroxylation is 1. The third-order valence-electron chi connectivity index (χ3n) is 4.52. The predicted molar refractivity (Wildman–Crippen MR) is 106 cm³/mol. The Hall–Kier alpha value is -2.92. The van der Waals surface area contributed by atoms with Crippen LogP contribution < -0.4 is 5.32 Å². The zero-order valence-corrected chi connectivity index (χ0v) is 15.3. The lowest BCUT2D eigenvalue weighted by Gasteiger charge is -2.11. The quantitative estimate of drug-likeness (QED) is 0.573. The van der Waals surface area contributed by atoms with Gasteiger partial charge in [0.1, 0.15) is 0 Å². The largest absolute Gasteiger partial charge is 0.347 e. The summed E-state index contributed by atoms with van der Waals surface area (Å²) in [5.41, 5.74) is 3.35. The number of rotatable bonds is 5. The number of fused-ring (bicyclic) bond motifs is 1. The van der Waals surface area contributed by atoms with E-state index in [1.807, 2.05) is 42.0 Å². The van der Waals surface area contributed by atoms with Crippen LogP contribution in [-0.4, -0.2) is 15.5 Å². The van der Waals surface area contributed by atoms with E-state index >= 15 is 0 Å². The second kappa shape index (κ2) is 7.14. The summed E-state index contributed by atoms with van der Waals surface area (Å²) in [5, 5.41) is 4.24. The molecule has 1 amide bonds. The smallest absolute Gasteiger partial charge is 0.261 e. The van der Waals surface area contributed by atoms with Gasteiger partial charge in [-0.2, -0.15) is 0 Å². The van der Waals surface area contributed by atoms with Crippen LogP contribution in [0, 0.1) is 6.92 Å². The average Bonchev–Trinajstić information content (AvgIpc) is 3.29. The fourth-order valence-corrected chi connectivity index (χ4v) is 4.23. The van der Waals surface area contributed by atoms with Crippen LogP contribution in [0.15, 0.2) is 67.3 Å². The molecule has 1 N–H and O–H groups in total. The van der Waals surface area contributed by atoms with Crippen LogP contribution in [0.1, 0.15) is 26.4 Å². The van der Waals surface area contributed by atoms with Crippen molar-refractivity contribution in [2.75, 3.05) is 0 Å². The number of imidazole rings is 1. The first-order chi connectivity index (χ1) is 12.7. The fraction of sp³-hybridized carbons (Fsp3) is 0.143. The van der Waals surface area contributed by atoms with Crippen LogP contribution in [0.2, 0.25) is 0 Å². The van der Waals surface area contributed by atoms with Gasteiger partial charge >= 0.3 is 0 Å². The summed E-state index contributed by atoms with van der Waals surface area (Å²) in [7, 11) is 0. The van der Waals surface area contributed by atoms with Crippen molar-refractivity contribution >= 4 is 27.3 Å². The summed E-state index contributed by atoms with van der Waals surface area (Å²) < 4.78 is 3.17. The SMILES string of the molecule is Cc1c(C(=O)NCc2ccccc2Cn2ccnc2)sc2ccccc12. The number of amides is 1. The van der Waals surface area contributed by atoms with Gasteiger partial charge in [-0.1, -0.05) is 42.5 Å². The standard InChI is InChI=1S/C21H19N3OS/c1-15-18-8-4-5-9-19(18)26-20(15)21(25)23-12-16-6-2-3-7-17(16)13-24-11-10-22-14-24/h2-11,14H,12-13H2,1H3,(H,23,25). The summed E-state index contributed by atoms with van der Waals surface area (Å²) >= 11 is 1.55. The Morgan fingerprint density at radius 3 is 2.65 bits per heavy atom. The molecule has 4 nitrogen and oxygen atoms in total. The van der Waals surface area contributed by atoms with E-state index in [1.165, 1.54) is 5.56 Å². The van der Waals surface area contributed by atoms with Crippen molar-refractivity contribution in [2.45, 2.75) is 20.0 Å². The van der Waals surface area contributed by atoms with Crippen molar-refractivity contribution < 1.29 is 4.79 Å². The van der Waals surface area contributed by atoms with E-state index in [1.54, 1.807) is 23.9 Å². The molecule has 5 heteroatoms. The van der Waals surface area contributed by atoms with Crippen LogP contribution in [0.4, 0.5) is 0 Å². The molecule has 0 unspecified atom stereocenters. The van der Waals surface area contributed by atoms with Gasteiger partial charge in [0.15, 0.2) is 0 Å². The van der Waals surface area contributed by atoms with E-state index in [0.717, 1.165) is 32.6 Å². The number of carbonyl (C=O) groups excluding carboxylic acids is 1. The number of thiophene rings is 1. The Morgan fingerprint density at radius 2 is 1.88 bits per heavy atom. The first-order valence-corrected chi connectivity index (χ1v) is 9.33. The molecule has 2 aromatic carbocycles. The molecule has 2 aromatic heterocycles. The van der Waals surface area contributed by atoms with Gasteiger partial charge in [0.2, 0.25) is 0 Å². The van der Waals surface area contributed by atoms with Gasteiger partial charge in [-0.05, 0) is 35.1 Å². The number of hydrogen-bond acceptors (Lipinski definition) is 3. The molecule has 4 rings (SSSR count). The molecule has 0 atom stereocenters. The van der Waals surface area contributed by atoms with Crippen molar-refractivity contribution in [1.82, 2.24) is 14.9 Å². The highest BCUT2D eigenvalue weighted by atomic mass is 32.1. The van der Waals surface area contributed by atoms with Crippen molar-refractivity contribution in [1.29, 1.82) is 0 Å². The average molecular weight is 361 g/mol. The molecule has 0 aliphatic heterocycles. The Morgan fingerprint density at radius 1 is 1.12 bits per heavy atom. The lowest BCUT2D eigenvalue weighted by Crippen LogP contribution is -2.23. The Bertz CT molecular complexity index is 1050. The molecule has 2 heterocycles. The zero-order valence-electron chi connectivity index (χ0n) is 14.5. The van der Waals surface area contributed by atoms with E-state index in [-0.39, 0.29) is 5.91 Å². The summed E-state index contributed by atoms with van der Waals surface area (Å²) in [6.07, 6.45) is 5.51. The Labute approximate surface area is 156 Å². The number of nitrogens with zero attached hydrogens (tertiary/aromatic N) is 2. The van der Waals surface area contributed by atoms with E-state index < -0.39 is 0 Å². The Balaban J connectivity index is 1.52. The highest BCUT2D eigenvalue weighted by molar-refractivity contribution is 7.21. The Kier molecular flexibility index (Phi) is 4.54. The molecule has 0 saturated heterocycles. The predicted octanol–water partition coefficient (Wildman–Crippen LogP) is 4.38. The lowest BCUT2D eigenvalue weighted by molar-refractivity contribution is 0.0954. The maximum atomic E-state index is 12.7. The summed E-state index contributed by atoms with van der Waals surface area (Å²) in [6, 6.07) is 16.3. The fourth-order valence-electron chi connectivity index (χ4n) is 3.11. The van der Waals surface area contributed by atoms with Crippen LogP contribution in [0.3, 0.4) is 0 Å².